The summed E-state index contributed by atoms with van der Waals surface area (Å²) >= 11 is 0. The Morgan fingerprint density at radius 2 is 2.14 bits per heavy atom. The van der Waals surface area contributed by atoms with Crippen LogP contribution in [0, 0.1) is 11.8 Å². The van der Waals surface area contributed by atoms with Crippen LogP contribution in [0.4, 0.5) is 0 Å². The van der Waals surface area contributed by atoms with Crippen LogP contribution in [-0.2, 0) is 0 Å². The smallest absolute Gasteiger partial charge is 0.0902 e. The molecule has 1 atom stereocenters. The van der Waals surface area contributed by atoms with Gasteiger partial charge in [0.1, 0.15) is 0 Å². The Bertz CT molecular complexity index is 251. The minimum absolute atomic E-state index is 0.202. The zero-order valence-corrected chi connectivity index (χ0v) is 8.79. The second-order valence-electron chi connectivity index (χ2n) is 3.26. The van der Waals surface area contributed by atoms with Gasteiger partial charge in [-0.05, 0) is 13.0 Å². The predicted molar refractivity (Wildman–Crippen MR) is 61.0 cm³/mol. The van der Waals surface area contributed by atoms with Gasteiger partial charge >= 0.3 is 0 Å². The first-order valence-corrected chi connectivity index (χ1v) is 5.08. The van der Waals surface area contributed by atoms with Crippen molar-refractivity contribution in [3.8, 4) is 11.8 Å². The lowest BCUT2D eigenvalue weighted by atomic mass is 10.2. The van der Waals surface area contributed by atoms with Gasteiger partial charge in [-0.1, -0.05) is 24.0 Å². The number of piperazine rings is 1. The standard InChI is InChI=1S/C12H18N2/c1-3-5-6-7-12(4-2)14-10-8-13-9-11-14/h3-5,12-13H,2,8-11H2,1H3/b5-3-. The van der Waals surface area contributed by atoms with Crippen molar-refractivity contribution in [2.45, 2.75) is 13.0 Å². The molecule has 0 saturated carbocycles. The molecule has 0 aromatic heterocycles. The van der Waals surface area contributed by atoms with Crippen molar-refractivity contribution in [2.24, 2.45) is 0 Å². The van der Waals surface area contributed by atoms with Crippen LogP contribution in [0.25, 0.3) is 0 Å². The zero-order chi connectivity index (χ0) is 10.2. The number of hydrogen-bond donors (Lipinski definition) is 1. The Morgan fingerprint density at radius 3 is 2.71 bits per heavy atom. The summed E-state index contributed by atoms with van der Waals surface area (Å²) in [5.74, 6) is 6.20. The molecule has 0 bridgehead atoms. The first-order chi connectivity index (χ1) is 6.88. The molecule has 1 aliphatic rings. The van der Waals surface area contributed by atoms with Gasteiger partial charge in [0, 0.05) is 26.2 Å². The molecule has 14 heavy (non-hydrogen) atoms. The van der Waals surface area contributed by atoms with Crippen LogP contribution in [-0.4, -0.2) is 37.1 Å². The lowest BCUT2D eigenvalue weighted by Gasteiger charge is -2.30. The van der Waals surface area contributed by atoms with E-state index in [1.54, 1.807) is 0 Å². The molecule has 1 N–H and O–H groups in total. The number of allylic oxidation sites excluding steroid dienone is 2. The highest BCUT2D eigenvalue weighted by molar-refractivity contribution is 5.22. The third kappa shape index (κ3) is 3.37. The van der Waals surface area contributed by atoms with Crippen LogP contribution in [0.2, 0.25) is 0 Å². The highest BCUT2D eigenvalue weighted by Crippen LogP contribution is 2.01. The van der Waals surface area contributed by atoms with Crippen molar-refractivity contribution in [1.29, 1.82) is 0 Å². The molecule has 1 fully saturated rings. The van der Waals surface area contributed by atoms with E-state index in [1.807, 2.05) is 25.2 Å². The second kappa shape index (κ2) is 6.42. The summed E-state index contributed by atoms with van der Waals surface area (Å²) in [6, 6.07) is 0.202. The van der Waals surface area contributed by atoms with Crippen molar-refractivity contribution in [2.75, 3.05) is 26.2 Å². The Kier molecular flexibility index (Phi) is 5.06. The zero-order valence-electron chi connectivity index (χ0n) is 8.79. The van der Waals surface area contributed by atoms with Gasteiger partial charge in [-0.3, -0.25) is 4.90 Å². The lowest BCUT2D eigenvalue weighted by molar-refractivity contribution is 0.233. The van der Waals surface area contributed by atoms with E-state index in [0.29, 0.717) is 0 Å². The van der Waals surface area contributed by atoms with Gasteiger partial charge in [0.2, 0.25) is 0 Å². The van der Waals surface area contributed by atoms with Crippen molar-refractivity contribution < 1.29 is 0 Å². The third-order valence-electron chi connectivity index (χ3n) is 2.25. The first kappa shape index (κ1) is 11.0. The summed E-state index contributed by atoms with van der Waals surface area (Å²) in [7, 11) is 0. The maximum atomic E-state index is 3.83. The Balaban J connectivity index is 2.52. The molecule has 76 valence electrons. The fourth-order valence-corrected chi connectivity index (χ4v) is 1.48. The van der Waals surface area contributed by atoms with Gasteiger partial charge in [-0.2, -0.15) is 0 Å². The number of nitrogens with one attached hydrogen (secondary N) is 1. The van der Waals surface area contributed by atoms with Crippen molar-refractivity contribution in [3.63, 3.8) is 0 Å². The van der Waals surface area contributed by atoms with E-state index in [0.717, 1.165) is 26.2 Å². The van der Waals surface area contributed by atoms with E-state index < -0.39 is 0 Å². The average molecular weight is 190 g/mol. The molecule has 1 unspecified atom stereocenters. The molecule has 0 aliphatic carbocycles. The molecule has 0 aromatic carbocycles. The summed E-state index contributed by atoms with van der Waals surface area (Å²) in [6.45, 7) is 10.0. The van der Waals surface area contributed by atoms with E-state index in [-0.39, 0.29) is 6.04 Å². The summed E-state index contributed by atoms with van der Waals surface area (Å²) in [5.41, 5.74) is 0. The molecule has 1 rings (SSSR count). The van der Waals surface area contributed by atoms with E-state index in [4.69, 9.17) is 0 Å². The maximum absolute atomic E-state index is 3.83. The Morgan fingerprint density at radius 1 is 1.43 bits per heavy atom. The molecule has 0 spiro atoms. The highest BCUT2D eigenvalue weighted by Gasteiger charge is 2.14. The molecule has 1 aliphatic heterocycles. The lowest BCUT2D eigenvalue weighted by Crippen LogP contribution is -2.47. The van der Waals surface area contributed by atoms with Crippen LogP contribution in [0.3, 0.4) is 0 Å². The molecule has 2 nitrogen and oxygen atoms in total. The van der Waals surface area contributed by atoms with E-state index in [1.165, 1.54) is 0 Å². The molecule has 2 heteroatoms. The minimum Gasteiger partial charge on any atom is -0.314 e. The second-order valence-corrected chi connectivity index (χ2v) is 3.26. The molecule has 1 saturated heterocycles. The van der Waals surface area contributed by atoms with Crippen LogP contribution in [0.15, 0.2) is 24.8 Å². The van der Waals surface area contributed by atoms with Gasteiger partial charge in [0.05, 0.1) is 6.04 Å². The predicted octanol–water partition coefficient (Wildman–Crippen LogP) is 1.03. The van der Waals surface area contributed by atoms with Crippen molar-refractivity contribution in [3.05, 3.63) is 24.8 Å². The summed E-state index contributed by atoms with van der Waals surface area (Å²) < 4.78 is 0. The van der Waals surface area contributed by atoms with Crippen molar-refractivity contribution >= 4 is 0 Å². The van der Waals surface area contributed by atoms with Gasteiger partial charge in [0.15, 0.2) is 0 Å². The number of hydrogen-bond acceptors (Lipinski definition) is 2. The maximum Gasteiger partial charge on any atom is 0.0902 e. The average Bonchev–Trinajstić information content (AvgIpc) is 2.26. The SMILES string of the molecule is C=CC(C#C/C=C\C)N1CCNCC1. The minimum atomic E-state index is 0.202. The molecular formula is C12H18N2. The number of rotatable bonds is 2. The van der Waals surface area contributed by atoms with Gasteiger partial charge < -0.3 is 5.32 Å². The fourth-order valence-electron chi connectivity index (χ4n) is 1.48. The summed E-state index contributed by atoms with van der Waals surface area (Å²) in [6.07, 6.45) is 5.74. The first-order valence-electron chi connectivity index (χ1n) is 5.08. The van der Waals surface area contributed by atoms with Crippen LogP contribution in [0.5, 0.6) is 0 Å². The molecular weight excluding hydrogens is 172 g/mol. The van der Waals surface area contributed by atoms with Gasteiger partial charge in [0.25, 0.3) is 0 Å². The highest BCUT2D eigenvalue weighted by atomic mass is 15.2. The van der Waals surface area contributed by atoms with Gasteiger partial charge in [-0.15, -0.1) is 6.58 Å². The number of nitrogens with zero attached hydrogens (tertiary/aromatic N) is 1. The fraction of sp³-hybridized carbons (Fsp3) is 0.500. The summed E-state index contributed by atoms with van der Waals surface area (Å²) in [5, 5.41) is 3.32. The van der Waals surface area contributed by atoms with Gasteiger partial charge in [-0.25, -0.2) is 0 Å². The Hall–Kier alpha value is -1.04. The molecule has 0 radical (unpaired) electrons. The van der Waals surface area contributed by atoms with E-state index in [2.05, 4.69) is 28.6 Å². The topological polar surface area (TPSA) is 15.3 Å². The summed E-state index contributed by atoms with van der Waals surface area (Å²) in [4.78, 5) is 2.35. The van der Waals surface area contributed by atoms with Crippen molar-refractivity contribution in [1.82, 2.24) is 10.2 Å². The van der Waals surface area contributed by atoms with Crippen LogP contribution >= 0.6 is 0 Å². The molecule has 0 aromatic rings. The van der Waals surface area contributed by atoms with E-state index in [9.17, 15) is 0 Å². The molecule has 1 heterocycles. The largest absolute Gasteiger partial charge is 0.314 e. The monoisotopic (exact) mass is 190 g/mol. The third-order valence-corrected chi connectivity index (χ3v) is 2.25. The van der Waals surface area contributed by atoms with Crippen LogP contribution < -0.4 is 5.32 Å². The Labute approximate surface area is 86.7 Å². The quantitative estimate of drug-likeness (QED) is 0.517. The van der Waals surface area contributed by atoms with Crippen LogP contribution in [0.1, 0.15) is 6.92 Å². The molecule has 0 amide bonds. The van der Waals surface area contributed by atoms with E-state index >= 15 is 0 Å². The normalized spacial score (nSPS) is 20.1.